The molecule has 0 saturated heterocycles. The molecular weight excluding hydrogens is 678 g/mol. The number of benzene rings is 4. The predicted molar refractivity (Wildman–Crippen MR) is 197 cm³/mol. The average Bonchev–Trinajstić information content (AvgIpc) is 3.62. The second-order valence-electron chi connectivity index (χ2n) is 11.9. The van der Waals surface area contributed by atoms with Gasteiger partial charge in [0.15, 0.2) is 0 Å². The third-order valence-corrected chi connectivity index (χ3v) is 11.3. The van der Waals surface area contributed by atoms with E-state index in [-0.39, 0.29) is 35.5 Å². The Bertz CT molecular complexity index is 1820. The van der Waals surface area contributed by atoms with E-state index >= 15 is 0 Å². The molecule has 0 heterocycles. The lowest BCUT2D eigenvalue weighted by atomic mass is 10.0. The molecule has 0 aromatic heterocycles. The lowest BCUT2D eigenvalue weighted by Gasteiger charge is -2.34. The molecule has 4 aromatic rings. The summed E-state index contributed by atoms with van der Waals surface area (Å²) in [5.41, 5.74) is 1.81. The molecule has 0 bridgehead atoms. The van der Waals surface area contributed by atoms with Crippen molar-refractivity contribution in [3.63, 3.8) is 0 Å². The Morgan fingerprint density at radius 2 is 1.59 bits per heavy atom. The van der Waals surface area contributed by atoms with Gasteiger partial charge in [0.25, 0.3) is 10.0 Å². The minimum absolute atomic E-state index is 0.0214. The van der Waals surface area contributed by atoms with Crippen LogP contribution in [0.5, 0.6) is 5.75 Å². The fraction of sp³-hybridized carbons (Fsp3) is 0.316. The fourth-order valence-electron chi connectivity index (χ4n) is 6.08. The molecule has 2 amide bonds. The molecule has 0 unspecified atom stereocenters. The molecule has 1 aliphatic carbocycles. The van der Waals surface area contributed by atoms with Crippen LogP contribution in [0.4, 0.5) is 5.69 Å². The Morgan fingerprint density at radius 3 is 2.27 bits per heavy atom. The maximum absolute atomic E-state index is 14.8. The van der Waals surface area contributed by atoms with Gasteiger partial charge in [-0.25, -0.2) is 8.42 Å². The number of rotatable bonds is 15. The van der Waals surface area contributed by atoms with Gasteiger partial charge in [0, 0.05) is 28.9 Å². The van der Waals surface area contributed by atoms with E-state index in [1.54, 1.807) is 66.7 Å². The second-order valence-corrected chi connectivity index (χ2v) is 15.1. The molecule has 8 nitrogen and oxygen atoms in total. The van der Waals surface area contributed by atoms with E-state index in [9.17, 15) is 18.0 Å². The van der Waals surface area contributed by atoms with Gasteiger partial charge in [0.2, 0.25) is 11.8 Å². The summed E-state index contributed by atoms with van der Waals surface area (Å²) in [6, 6.07) is 29.1. The molecule has 0 radical (unpaired) electrons. The van der Waals surface area contributed by atoms with Crippen LogP contribution in [0.3, 0.4) is 0 Å². The first-order chi connectivity index (χ1) is 23.7. The summed E-state index contributed by atoms with van der Waals surface area (Å²) < 4.78 is 35.9. The van der Waals surface area contributed by atoms with Crippen molar-refractivity contribution in [3.8, 4) is 5.75 Å². The second kappa shape index (κ2) is 17.1. The van der Waals surface area contributed by atoms with E-state index in [0.29, 0.717) is 22.9 Å². The third-order valence-electron chi connectivity index (χ3n) is 8.57. The number of thioether (sulfide) groups is 1. The first-order valence-corrected chi connectivity index (χ1v) is 19.5. The maximum atomic E-state index is 14.8. The highest BCUT2D eigenvalue weighted by Crippen LogP contribution is 2.33. The molecule has 1 fully saturated rings. The zero-order valence-electron chi connectivity index (χ0n) is 27.8. The van der Waals surface area contributed by atoms with Gasteiger partial charge in [-0.15, -0.1) is 11.8 Å². The zero-order valence-corrected chi connectivity index (χ0v) is 30.1. The lowest BCUT2D eigenvalue weighted by Crippen LogP contribution is -2.54. The highest BCUT2D eigenvalue weighted by atomic mass is 35.5. The van der Waals surface area contributed by atoms with Crippen LogP contribution < -0.4 is 14.4 Å². The summed E-state index contributed by atoms with van der Waals surface area (Å²) in [7, 11) is -4.28. The summed E-state index contributed by atoms with van der Waals surface area (Å²) >= 11 is 7.87. The monoisotopic (exact) mass is 719 g/mol. The molecule has 1 aliphatic rings. The molecule has 1 N–H and O–H groups in total. The summed E-state index contributed by atoms with van der Waals surface area (Å²) in [5.74, 6) is -0.496. The van der Waals surface area contributed by atoms with Gasteiger partial charge >= 0.3 is 0 Å². The van der Waals surface area contributed by atoms with Crippen LogP contribution in [0.25, 0.3) is 0 Å². The number of amides is 2. The van der Waals surface area contributed by atoms with Crippen molar-refractivity contribution >= 4 is 50.9 Å². The molecule has 4 aromatic carbocycles. The van der Waals surface area contributed by atoms with Crippen molar-refractivity contribution < 1.29 is 22.7 Å². The zero-order chi connectivity index (χ0) is 34.8. The van der Waals surface area contributed by atoms with Crippen LogP contribution in [0.2, 0.25) is 5.02 Å². The SMILES string of the molecule is CCOc1ccccc1N(CC(=O)N(Cc1cccc(Cl)c1)[C@H](Cc1ccccc1)C(=O)NC1CCCC1)S(=O)(=O)c1ccc(SC)cc1. The van der Waals surface area contributed by atoms with Crippen molar-refractivity contribution in [2.45, 2.75) is 67.4 Å². The Labute approximate surface area is 298 Å². The number of halogens is 1. The largest absolute Gasteiger partial charge is 0.492 e. The first-order valence-electron chi connectivity index (χ1n) is 16.5. The molecule has 258 valence electrons. The van der Waals surface area contributed by atoms with Gasteiger partial charge in [-0.05, 0) is 85.7 Å². The van der Waals surface area contributed by atoms with Crippen molar-refractivity contribution in [3.05, 3.63) is 119 Å². The number of nitrogens with zero attached hydrogens (tertiary/aromatic N) is 2. The molecule has 5 rings (SSSR count). The fourth-order valence-corrected chi connectivity index (χ4v) is 8.13. The summed E-state index contributed by atoms with van der Waals surface area (Å²) in [4.78, 5) is 31.4. The number of hydrogen-bond donors (Lipinski definition) is 1. The molecule has 1 atom stereocenters. The van der Waals surface area contributed by atoms with Gasteiger partial charge in [-0.2, -0.15) is 0 Å². The smallest absolute Gasteiger partial charge is 0.264 e. The van der Waals surface area contributed by atoms with E-state index < -0.39 is 28.5 Å². The van der Waals surface area contributed by atoms with E-state index in [1.807, 2.05) is 49.6 Å². The number of carbonyl (C=O) groups excluding carboxylic acids is 2. The Hall–Kier alpha value is -3.99. The number of anilines is 1. The van der Waals surface area contributed by atoms with E-state index in [4.69, 9.17) is 16.3 Å². The highest BCUT2D eigenvalue weighted by molar-refractivity contribution is 7.98. The van der Waals surface area contributed by atoms with E-state index in [1.165, 1.54) is 16.7 Å². The number of para-hydroxylation sites is 2. The van der Waals surface area contributed by atoms with Gasteiger partial charge in [0.1, 0.15) is 18.3 Å². The van der Waals surface area contributed by atoms with Gasteiger partial charge in [0.05, 0.1) is 17.2 Å². The Kier molecular flexibility index (Phi) is 12.7. The number of carbonyl (C=O) groups is 2. The van der Waals surface area contributed by atoms with Crippen LogP contribution in [0, 0.1) is 0 Å². The highest BCUT2D eigenvalue weighted by Gasteiger charge is 2.36. The minimum atomic E-state index is -4.28. The molecular formula is C38H42ClN3O5S2. The number of ether oxygens (including phenoxy) is 1. The molecule has 0 aliphatic heterocycles. The third kappa shape index (κ3) is 9.38. The normalized spacial score (nSPS) is 13.9. The van der Waals surface area contributed by atoms with Crippen LogP contribution in [0.15, 0.2) is 113 Å². The number of nitrogens with one attached hydrogen (secondary N) is 1. The first kappa shape index (κ1) is 36.3. The van der Waals surface area contributed by atoms with Crippen LogP contribution >= 0.6 is 23.4 Å². The molecule has 11 heteroatoms. The summed E-state index contributed by atoms with van der Waals surface area (Å²) in [6.07, 6.45) is 5.97. The Balaban J connectivity index is 1.59. The number of hydrogen-bond acceptors (Lipinski definition) is 6. The van der Waals surface area contributed by atoms with Crippen molar-refractivity contribution in [1.82, 2.24) is 10.2 Å². The van der Waals surface area contributed by atoms with Crippen LogP contribution in [-0.2, 0) is 32.6 Å². The van der Waals surface area contributed by atoms with Crippen molar-refractivity contribution in [2.75, 3.05) is 23.7 Å². The van der Waals surface area contributed by atoms with Gasteiger partial charge in [-0.1, -0.05) is 79.0 Å². The predicted octanol–water partition coefficient (Wildman–Crippen LogP) is 7.35. The minimum Gasteiger partial charge on any atom is -0.492 e. The van der Waals surface area contributed by atoms with E-state index in [2.05, 4.69) is 5.32 Å². The molecule has 49 heavy (non-hydrogen) atoms. The van der Waals surface area contributed by atoms with Crippen molar-refractivity contribution in [2.24, 2.45) is 0 Å². The average molecular weight is 720 g/mol. The summed E-state index contributed by atoms with van der Waals surface area (Å²) in [6.45, 7) is 1.58. The lowest BCUT2D eigenvalue weighted by molar-refractivity contribution is -0.140. The van der Waals surface area contributed by atoms with E-state index in [0.717, 1.165) is 40.4 Å². The summed E-state index contributed by atoms with van der Waals surface area (Å²) in [5, 5.41) is 3.69. The molecule has 0 spiro atoms. The maximum Gasteiger partial charge on any atom is 0.264 e. The number of sulfonamides is 1. The topological polar surface area (TPSA) is 96.0 Å². The Morgan fingerprint density at radius 1 is 0.918 bits per heavy atom. The van der Waals surface area contributed by atoms with Gasteiger partial charge in [-0.3, -0.25) is 13.9 Å². The molecule has 1 saturated carbocycles. The van der Waals surface area contributed by atoms with Crippen LogP contribution in [-0.4, -0.2) is 56.6 Å². The quantitative estimate of drug-likeness (QED) is 0.129. The van der Waals surface area contributed by atoms with Crippen molar-refractivity contribution in [1.29, 1.82) is 0 Å². The van der Waals surface area contributed by atoms with Gasteiger partial charge < -0.3 is 15.0 Å². The van der Waals surface area contributed by atoms with Crippen LogP contribution in [0.1, 0.15) is 43.7 Å². The standard InChI is InChI=1S/C38H42ClN3O5S2/c1-3-47-36-19-10-9-18-34(36)42(49(45,46)33-22-20-32(48-2)21-23-33)27-37(43)41(26-29-14-11-15-30(39)24-29)35(25-28-12-5-4-6-13-28)38(44)40-31-16-7-8-17-31/h4-6,9-15,18-24,31,35H,3,7-8,16-17,25-27H2,1-2H3,(H,40,44)/t35-/m1/s1.